The van der Waals surface area contributed by atoms with Crippen molar-refractivity contribution in [3.05, 3.63) is 29.6 Å². The van der Waals surface area contributed by atoms with Gasteiger partial charge in [0.25, 0.3) is 0 Å². The second-order valence-corrected chi connectivity index (χ2v) is 4.91. The summed E-state index contributed by atoms with van der Waals surface area (Å²) >= 11 is 0. The summed E-state index contributed by atoms with van der Waals surface area (Å²) in [5.41, 5.74) is 7.90. The molecule has 1 aromatic rings. The summed E-state index contributed by atoms with van der Waals surface area (Å²) in [5.74, 6) is 0.272. The third kappa shape index (κ3) is 3.90. The number of rotatable bonds is 4. The van der Waals surface area contributed by atoms with Gasteiger partial charge in [-0.2, -0.15) is 0 Å². The normalized spacial score (nSPS) is 18.7. The van der Waals surface area contributed by atoms with Crippen LogP contribution in [-0.4, -0.2) is 58.6 Å². The topological polar surface area (TPSA) is 78.0 Å². The molecule has 0 bridgehead atoms. The zero-order valence-corrected chi connectivity index (χ0v) is 11.3. The lowest BCUT2D eigenvalue weighted by Crippen LogP contribution is -2.48. The number of aryl methyl sites for hydroxylation is 1. The van der Waals surface area contributed by atoms with Gasteiger partial charge in [-0.1, -0.05) is 11.2 Å². The minimum atomic E-state index is 0.272. The lowest BCUT2D eigenvalue weighted by Gasteiger charge is -2.34. The van der Waals surface area contributed by atoms with Crippen molar-refractivity contribution in [2.75, 3.05) is 32.7 Å². The molecule has 1 fully saturated rings. The van der Waals surface area contributed by atoms with Gasteiger partial charge in [0.05, 0.1) is 12.2 Å². The molecular weight excluding hydrogens is 242 g/mol. The lowest BCUT2D eigenvalue weighted by atomic mass is 10.2. The first kappa shape index (κ1) is 13.8. The zero-order chi connectivity index (χ0) is 13.7. The molecular formula is C13H21N5O. The van der Waals surface area contributed by atoms with Crippen molar-refractivity contribution >= 4 is 5.84 Å². The van der Waals surface area contributed by atoms with Crippen molar-refractivity contribution in [1.82, 2.24) is 14.8 Å². The first-order valence-corrected chi connectivity index (χ1v) is 6.50. The SMILES string of the molecule is Cc1cccnc1CN1CCN(C/C(N)=N/O)CC1. The van der Waals surface area contributed by atoms with Gasteiger partial charge in [-0.3, -0.25) is 14.8 Å². The summed E-state index contributed by atoms with van der Waals surface area (Å²) in [6.07, 6.45) is 1.84. The number of hydrogen-bond donors (Lipinski definition) is 2. The number of nitrogens with zero attached hydrogens (tertiary/aromatic N) is 4. The van der Waals surface area contributed by atoms with E-state index in [1.54, 1.807) is 0 Å². The highest BCUT2D eigenvalue weighted by atomic mass is 16.4. The Morgan fingerprint density at radius 2 is 2.05 bits per heavy atom. The highest BCUT2D eigenvalue weighted by Gasteiger charge is 2.18. The number of oxime groups is 1. The third-order valence-corrected chi connectivity index (χ3v) is 3.47. The minimum absolute atomic E-state index is 0.272. The van der Waals surface area contributed by atoms with E-state index in [0.717, 1.165) is 38.4 Å². The Morgan fingerprint density at radius 3 is 2.68 bits per heavy atom. The Bertz CT molecular complexity index is 440. The number of piperazine rings is 1. The Labute approximate surface area is 113 Å². The van der Waals surface area contributed by atoms with Gasteiger partial charge in [0.15, 0.2) is 5.84 Å². The molecule has 0 spiro atoms. The van der Waals surface area contributed by atoms with Gasteiger partial charge in [0.2, 0.25) is 0 Å². The van der Waals surface area contributed by atoms with Crippen molar-refractivity contribution in [2.45, 2.75) is 13.5 Å². The fraction of sp³-hybridized carbons (Fsp3) is 0.538. The first-order chi connectivity index (χ1) is 9.19. The van der Waals surface area contributed by atoms with Crippen molar-refractivity contribution in [1.29, 1.82) is 0 Å². The number of amidine groups is 1. The molecule has 1 aliphatic heterocycles. The largest absolute Gasteiger partial charge is 0.409 e. The van der Waals surface area contributed by atoms with E-state index < -0.39 is 0 Å². The van der Waals surface area contributed by atoms with Crippen LogP contribution in [0.1, 0.15) is 11.3 Å². The molecule has 0 aromatic carbocycles. The fourth-order valence-corrected chi connectivity index (χ4v) is 2.26. The van der Waals surface area contributed by atoms with Crippen LogP contribution >= 0.6 is 0 Å². The van der Waals surface area contributed by atoms with Gasteiger partial charge in [-0.05, 0) is 18.6 Å². The number of hydrogen-bond acceptors (Lipinski definition) is 5. The first-order valence-electron chi connectivity index (χ1n) is 6.50. The molecule has 19 heavy (non-hydrogen) atoms. The molecule has 0 radical (unpaired) electrons. The van der Waals surface area contributed by atoms with E-state index >= 15 is 0 Å². The molecule has 0 aliphatic carbocycles. The van der Waals surface area contributed by atoms with Crippen molar-refractivity contribution in [3.8, 4) is 0 Å². The van der Waals surface area contributed by atoms with Gasteiger partial charge < -0.3 is 10.9 Å². The molecule has 3 N–H and O–H groups in total. The highest BCUT2D eigenvalue weighted by Crippen LogP contribution is 2.09. The quantitative estimate of drug-likeness (QED) is 0.352. The predicted molar refractivity (Wildman–Crippen MR) is 74.1 cm³/mol. The second-order valence-electron chi connectivity index (χ2n) is 4.91. The van der Waals surface area contributed by atoms with E-state index in [1.807, 2.05) is 12.3 Å². The van der Waals surface area contributed by atoms with Gasteiger partial charge >= 0.3 is 0 Å². The van der Waals surface area contributed by atoms with Crippen LogP contribution < -0.4 is 5.73 Å². The molecule has 1 aromatic heterocycles. The predicted octanol–water partition coefficient (Wildman–Crippen LogP) is 0.254. The summed E-state index contributed by atoms with van der Waals surface area (Å²) < 4.78 is 0. The van der Waals surface area contributed by atoms with Crippen LogP contribution in [0.4, 0.5) is 0 Å². The average Bonchev–Trinajstić information content (AvgIpc) is 2.43. The van der Waals surface area contributed by atoms with Gasteiger partial charge in [-0.15, -0.1) is 0 Å². The Morgan fingerprint density at radius 1 is 1.37 bits per heavy atom. The monoisotopic (exact) mass is 263 g/mol. The second kappa shape index (κ2) is 6.49. The molecule has 0 amide bonds. The minimum Gasteiger partial charge on any atom is -0.409 e. The van der Waals surface area contributed by atoms with Crippen LogP contribution in [-0.2, 0) is 6.54 Å². The van der Waals surface area contributed by atoms with E-state index in [-0.39, 0.29) is 5.84 Å². The Kier molecular flexibility index (Phi) is 4.70. The molecule has 1 aliphatic rings. The van der Waals surface area contributed by atoms with Crippen LogP contribution in [0.15, 0.2) is 23.5 Å². The van der Waals surface area contributed by atoms with Crippen LogP contribution in [0.3, 0.4) is 0 Å². The van der Waals surface area contributed by atoms with E-state index in [1.165, 1.54) is 5.56 Å². The van der Waals surface area contributed by atoms with Crippen LogP contribution in [0.5, 0.6) is 0 Å². The number of nitrogens with two attached hydrogens (primary N) is 1. The molecule has 0 atom stereocenters. The summed E-state index contributed by atoms with van der Waals surface area (Å²) in [6, 6.07) is 4.06. The van der Waals surface area contributed by atoms with Crippen LogP contribution in [0.2, 0.25) is 0 Å². The summed E-state index contributed by atoms with van der Waals surface area (Å²) in [5, 5.41) is 11.6. The molecule has 6 heteroatoms. The van der Waals surface area contributed by atoms with Crippen LogP contribution in [0.25, 0.3) is 0 Å². The maximum absolute atomic E-state index is 8.56. The Balaban J connectivity index is 1.82. The number of aromatic nitrogens is 1. The Hall–Kier alpha value is -1.66. The van der Waals surface area contributed by atoms with E-state index in [2.05, 4.69) is 32.9 Å². The molecule has 0 saturated carbocycles. The molecule has 1 saturated heterocycles. The van der Waals surface area contributed by atoms with E-state index in [4.69, 9.17) is 10.9 Å². The maximum Gasteiger partial charge on any atom is 0.153 e. The van der Waals surface area contributed by atoms with Crippen molar-refractivity contribution in [3.63, 3.8) is 0 Å². The average molecular weight is 263 g/mol. The zero-order valence-electron chi connectivity index (χ0n) is 11.3. The molecule has 2 heterocycles. The fourth-order valence-electron chi connectivity index (χ4n) is 2.26. The number of pyridine rings is 1. The lowest BCUT2D eigenvalue weighted by molar-refractivity contribution is 0.137. The molecule has 0 unspecified atom stereocenters. The summed E-state index contributed by atoms with van der Waals surface area (Å²) in [6.45, 7) is 7.35. The molecule has 2 rings (SSSR count). The van der Waals surface area contributed by atoms with Gasteiger partial charge in [0, 0.05) is 38.9 Å². The van der Waals surface area contributed by atoms with Crippen molar-refractivity contribution in [2.24, 2.45) is 10.9 Å². The highest BCUT2D eigenvalue weighted by molar-refractivity contribution is 5.81. The van der Waals surface area contributed by atoms with E-state index in [9.17, 15) is 0 Å². The standard InChI is InChI=1S/C13H21N5O/c1-11-3-2-4-15-12(11)9-17-5-7-18(8-6-17)10-13(14)16-19/h2-4,19H,5-10H2,1H3,(H2,14,16). The smallest absolute Gasteiger partial charge is 0.153 e. The van der Waals surface area contributed by atoms with Gasteiger partial charge in [-0.25, -0.2) is 0 Å². The summed E-state index contributed by atoms with van der Waals surface area (Å²) in [7, 11) is 0. The third-order valence-electron chi connectivity index (χ3n) is 3.47. The maximum atomic E-state index is 8.56. The van der Waals surface area contributed by atoms with Crippen LogP contribution in [0, 0.1) is 6.92 Å². The van der Waals surface area contributed by atoms with Gasteiger partial charge in [0.1, 0.15) is 0 Å². The van der Waals surface area contributed by atoms with E-state index in [0.29, 0.717) is 6.54 Å². The molecule has 6 nitrogen and oxygen atoms in total. The van der Waals surface area contributed by atoms with Crippen molar-refractivity contribution < 1.29 is 5.21 Å². The molecule has 104 valence electrons. The summed E-state index contributed by atoms with van der Waals surface area (Å²) in [4.78, 5) is 9.00.